The molecule has 1 N–H and O–H groups in total. The van der Waals surface area contributed by atoms with Crippen LogP contribution in [0.15, 0.2) is 57.8 Å². The predicted molar refractivity (Wildman–Crippen MR) is 98.2 cm³/mol. The predicted octanol–water partition coefficient (Wildman–Crippen LogP) is 2.33. The van der Waals surface area contributed by atoms with Crippen LogP contribution >= 0.6 is 0 Å². The molecule has 0 fully saturated rings. The average Bonchev–Trinajstić information content (AvgIpc) is 3.09. The maximum atomic E-state index is 12.1. The molecule has 3 rings (SSSR count). The number of anilines is 1. The molecular weight excluding hydrogens is 370 g/mol. The molecule has 0 spiro atoms. The van der Waals surface area contributed by atoms with E-state index in [9.17, 15) is 13.2 Å². The summed E-state index contributed by atoms with van der Waals surface area (Å²) in [5.41, 5.74) is 1.36. The van der Waals surface area contributed by atoms with E-state index in [1.54, 1.807) is 43.5 Å². The molecule has 0 saturated heterocycles. The molecule has 0 radical (unpaired) electrons. The molecule has 0 unspecified atom stereocenters. The lowest BCUT2D eigenvalue weighted by atomic mass is 10.1. The number of methoxy groups -OCH3 is 1. The molecule has 2 aromatic carbocycles. The highest BCUT2D eigenvalue weighted by Gasteiger charge is 2.13. The van der Waals surface area contributed by atoms with Crippen LogP contribution in [0.3, 0.4) is 0 Å². The molecule has 140 valence electrons. The van der Waals surface area contributed by atoms with Crippen molar-refractivity contribution in [1.82, 2.24) is 10.2 Å². The smallest absolute Gasteiger partial charge is 0.322 e. The minimum atomic E-state index is -3.27. The maximum Gasteiger partial charge on any atom is 0.322 e. The highest BCUT2D eigenvalue weighted by atomic mass is 32.2. The Morgan fingerprint density at radius 3 is 2.33 bits per heavy atom. The van der Waals surface area contributed by atoms with Gasteiger partial charge in [-0.15, -0.1) is 5.10 Å². The van der Waals surface area contributed by atoms with Crippen LogP contribution < -0.4 is 10.1 Å². The molecule has 9 heteroatoms. The first-order valence-corrected chi connectivity index (χ1v) is 9.81. The third-order valence-electron chi connectivity index (χ3n) is 3.72. The van der Waals surface area contributed by atoms with E-state index in [0.29, 0.717) is 16.9 Å². The first-order valence-electron chi connectivity index (χ1n) is 7.92. The molecule has 3 aromatic rings. The van der Waals surface area contributed by atoms with Crippen molar-refractivity contribution >= 4 is 21.8 Å². The number of aromatic nitrogens is 2. The molecule has 1 amide bonds. The summed E-state index contributed by atoms with van der Waals surface area (Å²) in [6.45, 7) is 0. The average molecular weight is 387 g/mol. The number of carbonyl (C=O) groups excluding carboxylic acids is 1. The number of rotatable bonds is 6. The lowest BCUT2D eigenvalue weighted by Gasteiger charge is -2.03. The van der Waals surface area contributed by atoms with Gasteiger partial charge in [-0.25, -0.2) is 8.42 Å². The van der Waals surface area contributed by atoms with Gasteiger partial charge in [-0.05, 0) is 42.0 Å². The van der Waals surface area contributed by atoms with E-state index >= 15 is 0 Å². The van der Waals surface area contributed by atoms with Crippen LogP contribution in [0.1, 0.15) is 5.56 Å². The summed E-state index contributed by atoms with van der Waals surface area (Å²) in [6, 6.07) is 13.1. The van der Waals surface area contributed by atoms with E-state index in [1.807, 2.05) is 0 Å². The zero-order chi connectivity index (χ0) is 19.4. The first kappa shape index (κ1) is 18.6. The Morgan fingerprint density at radius 2 is 1.74 bits per heavy atom. The Hall–Kier alpha value is -3.20. The third-order valence-corrected chi connectivity index (χ3v) is 4.85. The minimum Gasteiger partial charge on any atom is -0.497 e. The second-order valence-electron chi connectivity index (χ2n) is 5.78. The van der Waals surface area contributed by atoms with Crippen molar-refractivity contribution in [3.8, 4) is 17.2 Å². The summed E-state index contributed by atoms with van der Waals surface area (Å²) in [7, 11) is -1.69. The summed E-state index contributed by atoms with van der Waals surface area (Å²) in [5.74, 6) is 0.617. The molecule has 0 aliphatic carbocycles. The highest BCUT2D eigenvalue weighted by molar-refractivity contribution is 7.90. The van der Waals surface area contributed by atoms with Crippen molar-refractivity contribution < 1.29 is 22.4 Å². The van der Waals surface area contributed by atoms with Crippen molar-refractivity contribution in [3.63, 3.8) is 0 Å². The van der Waals surface area contributed by atoms with E-state index < -0.39 is 9.84 Å². The molecule has 1 heterocycles. The molecular formula is C18H17N3O5S. The Balaban J connectivity index is 1.63. The fourth-order valence-corrected chi connectivity index (χ4v) is 2.96. The topological polar surface area (TPSA) is 111 Å². The lowest BCUT2D eigenvalue weighted by Crippen LogP contribution is -2.14. The quantitative estimate of drug-likeness (QED) is 0.691. The third kappa shape index (κ3) is 4.70. The van der Waals surface area contributed by atoms with Crippen molar-refractivity contribution in [1.29, 1.82) is 0 Å². The van der Waals surface area contributed by atoms with Crippen LogP contribution in [0.25, 0.3) is 11.5 Å². The van der Waals surface area contributed by atoms with Crippen LogP contribution in [-0.2, 0) is 21.1 Å². The molecule has 27 heavy (non-hydrogen) atoms. The van der Waals surface area contributed by atoms with Crippen LogP contribution in [0, 0.1) is 0 Å². The largest absolute Gasteiger partial charge is 0.497 e. The SMILES string of the molecule is COc1ccc(-c2nnc(NC(=O)Cc3ccc(S(C)(=O)=O)cc3)o2)cc1. The second kappa shape index (κ2) is 7.58. The van der Waals surface area contributed by atoms with Crippen molar-refractivity contribution in [2.24, 2.45) is 0 Å². The Morgan fingerprint density at radius 1 is 1.07 bits per heavy atom. The van der Waals surface area contributed by atoms with Crippen LogP contribution in [-0.4, -0.2) is 37.9 Å². The normalized spacial score (nSPS) is 11.2. The number of sulfone groups is 1. The van der Waals surface area contributed by atoms with E-state index in [-0.39, 0.29) is 29.1 Å². The summed E-state index contributed by atoms with van der Waals surface area (Å²) in [5, 5.41) is 10.2. The molecule has 0 aliphatic heterocycles. The maximum absolute atomic E-state index is 12.1. The fraction of sp³-hybridized carbons (Fsp3) is 0.167. The number of hydrogen-bond acceptors (Lipinski definition) is 7. The molecule has 8 nitrogen and oxygen atoms in total. The van der Waals surface area contributed by atoms with Gasteiger partial charge in [0.05, 0.1) is 18.4 Å². The van der Waals surface area contributed by atoms with Gasteiger partial charge in [-0.3, -0.25) is 10.1 Å². The summed E-state index contributed by atoms with van der Waals surface area (Å²) < 4.78 is 33.4. The number of ether oxygens (including phenoxy) is 1. The summed E-state index contributed by atoms with van der Waals surface area (Å²) in [4.78, 5) is 12.3. The number of benzene rings is 2. The van der Waals surface area contributed by atoms with Crippen molar-refractivity contribution in [2.45, 2.75) is 11.3 Å². The van der Waals surface area contributed by atoms with Gasteiger partial charge < -0.3 is 9.15 Å². The van der Waals surface area contributed by atoms with Crippen molar-refractivity contribution in [3.05, 3.63) is 54.1 Å². The Kier molecular flexibility index (Phi) is 5.22. The number of hydrogen-bond donors (Lipinski definition) is 1. The summed E-state index contributed by atoms with van der Waals surface area (Å²) >= 11 is 0. The molecule has 0 saturated carbocycles. The molecule has 0 atom stereocenters. The zero-order valence-corrected chi connectivity index (χ0v) is 15.5. The van der Waals surface area contributed by atoms with Gasteiger partial charge in [0.1, 0.15) is 5.75 Å². The van der Waals surface area contributed by atoms with Gasteiger partial charge in [0.2, 0.25) is 11.8 Å². The zero-order valence-electron chi connectivity index (χ0n) is 14.7. The van der Waals surface area contributed by atoms with Gasteiger partial charge in [-0.2, -0.15) is 0 Å². The van der Waals surface area contributed by atoms with Crippen LogP contribution in [0.4, 0.5) is 6.01 Å². The van der Waals surface area contributed by atoms with E-state index in [0.717, 1.165) is 6.26 Å². The van der Waals surface area contributed by atoms with E-state index in [2.05, 4.69) is 15.5 Å². The Bertz CT molecular complexity index is 1040. The van der Waals surface area contributed by atoms with Gasteiger partial charge in [-0.1, -0.05) is 17.2 Å². The summed E-state index contributed by atoms with van der Waals surface area (Å²) in [6.07, 6.45) is 1.18. The van der Waals surface area contributed by atoms with Gasteiger partial charge in [0.15, 0.2) is 9.84 Å². The number of carbonyl (C=O) groups is 1. The van der Waals surface area contributed by atoms with E-state index in [1.165, 1.54) is 12.1 Å². The highest BCUT2D eigenvalue weighted by Crippen LogP contribution is 2.22. The fourth-order valence-electron chi connectivity index (χ4n) is 2.33. The van der Waals surface area contributed by atoms with Crippen LogP contribution in [0.2, 0.25) is 0 Å². The van der Waals surface area contributed by atoms with E-state index in [4.69, 9.17) is 9.15 Å². The first-order chi connectivity index (χ1) is 12.8. The molecule has 0 aliphatic rings. The standard InChI is InChI=1S/C18H17N3O5S/c1-25-14-7-5-13(6-8-14)17-20-21-18(26-17)19-16(22)11-12-3-9-15(10-4-12)27(2,23)24/h3-10H,11H2,1-2H3,(H,19,21,22). The van der Waals surface area contributed by atoms with Crippen LogP contribution in [0.5, 0.6) is 5.75 Å². The molecule has 1 aromatic heterocycles. The number of nitrogens with one attached hydrogen (secondary N) is 1. The molecule has 0 bridgehead atoms. The number of nitrogens with zero attached hydrogens (tertiary/aromatic N) is 2. The number of amides is 1. The Labute approximate surface area is 156 Å². The monoisotopic (exact) mass is 387 g/mol. The lowest BCUT2D eigenvalue weighted by molar-refractivity contribution is -0.115. The van der Waals surface area contributed by atoms with Gasteiger partial charge in [0, 0.05) is 11.8 Å². The minimum absolute atomic E-state index is 0.0152. The van der Waals surface area contributed by atoms with Gasteiger partial charge in [0.25, 0.3) is 0 Å². The second-order valence-corrected chi connectivity index (χ2v) is 7.80. The van der Waals surface area contributed by atoms with Crippen molar-refractivity contribution in [2.75, 3.05) is 18.7 Å². The van der Waals surface area contributed by atoms with Gasteiger partial charge >= 0.3 is 6.01 Å².